The minimum absolute atomic E-state index is 0.303. The highest BCUT2D eigenvalue weighted by molar-refractivity contribution is 7.10. The average Bonchev–Trinajstić information content (AvgIpc) is 3.10. The number of nitrogens with two attached hydrogens (primary N) is 1. The summed E-state index contributed by atoms with van der Waals surface area (Å²) in [5.41, 5.74) is 6.72. The van der Waals surface area contributed by atoms with Gasteiger partial charge in [-0.25, -0.2) is 4.39 Å². The summed E-state index contributed by atoms with van der Waals surface area (Å²) in [5, 5.41) is 5.80. The lowest BCUT2D eigenvalue weighted by atomic mass is 10.2. The van der Waals surface area contributed by atoms with Gasteiger partial charge in [0.2, 0.25) is 11.7 Å². The van der Waals surface area contributed by atoms with Crippen LogP contribution in [-0.4, -0.2) is 10.1 Å². The standard InChI is InChI=1S/C13H10FN3OS/c14-9-5-3-8(4-6-9)12-16-13(18-17-12)11(15)10-2-1-7-19-10/h1-7,11H,15H2. The van der Waals surface area contributed by atoms with Crippen molar-refractivity contribution in [2.75, 3.05) is 0 Å². The molecule has 4 nitrogen and oxygen atoms in total. The predicted octanol–water partition coefficient (Wildman–Crippen LogP) is 2.99. The van der Waals surface area contributed by atoms with Crippen LogP contribution in [0.3, 0.4) is 0 Å². The highest BCUT2D eigenvalue weighted by Gasteiger charge is 2.18. The predicted molar refractivity (Wildman–Crippen MR) is 70.0 cm³/mol. The van der Waals surface area contributed by atoms with Crippen molar-refractivity contribution in [1.29, 1.82) is 0 Å². The molecule has 1 unspecified atom stereocenters. The highest BCUT2D eigenvalue weighted by atomic mass is 32.1. The SMILES string of the molecule is NC(c1nc(-c2ccc(F)cc2)no1)c1cccs1. The number of nitrogens with zero attached hydrogens (tertiary/aromatic N) is 2. The molecule has 1 atom stereocenters. The second-order valence-corrected chi connectivity index (χ2v) is 4.94. The molecule has 0 aliphatic carbocycles. The molecule has 0 radical (unpaired) electrons. The van der Waals surface area contributed by atoms with E-state index >= 15 is 0 Å². The highest BCUT2D eigenvalue weighted by Crippen LogP contribution is 2.24. The molecule has 6 heteroatoms. The number of rotatable bonds is 3. The third-order valence-electron chi connectivity index (χ3n) is 2.66. The van der Waals surface area contributed by atoms with Crippen LogP contribution >= 0.6 is 11.3 Å². The normalized spacial score (nSPS) is 12.5. The molecule has 2 N–H and O–H groups in total. The van der Waals surface area contributed by atoms with E-state index in [-0.39, 0.29) is 5.82 Å². The molecule has 0 saturated carbocycles. The zero-order valence-corrected chi connectivity index (χ0v) is 10.6. The summed E-state index contributed by atoms with van der Waals surface area (Å²) in [6, 6.07) is 9.30. The van der Waals surface area contributed by atoms with E-state index in [4.69, 9.17) is 10.3 Å². The van der Waals surface area contributed by atoms with E-state index in [0.29, 0.717) is 17.3 Å². The summed E-state index contributed by atoms with van der Waals surface area (Å²) in [6.45, 7) is 0. The average molecular weight is 275 g/mol. The van der Waals surface area contributed by atoms with E-state index in [0.717, 1.165) is 4.88 Å². The zero-order valence-electron chi connectivity index (χ0n) is 9.79. The van der Waals surface area contributed by atoms with Crippen molar-refractivity contribution in [2.24, 2.45) is 5.73 Å². The van der Waals surface area contributed by atoms with Crippen LogP contribution in [0.25, 0.3) is 11.4 Å². The van der Waals surface area contributed by atoms with E-state index in [1.807, 2.05) is 17.5 Å². The van der Waals surface area contributed by atoms with Crippen LogP contribution < -0.4 is 5.73 Å². The molecular formula is C13H10FN3OS. The number of thiophene rings is 1. The number of benzene rings is 1. The van der Waals surface area contributed by atoms with Gasteiger partial charge in [-0.1, -0.05) is 11.2 Å². The molecule has 3 aromatic rings. The van der Waals surface area contributed by atoms with Crippen molar-refractivity contribution in [3.63, 3.8) is 0 Å². The van der Waals surface area contributed by atoms with Gasteiger partial charge in [0.15, 0.2) is 0 Å². The monoisotopic (exact) mass is 275 g/mol. The first-order valence-electron chi connectivity index (χ1n) is 5.62. The van der Waals surface area contributed by atoms with Crippen molar-refractivity contribution in [3.05, 3.63) is 58.4 Å². The van der Waals surface area contributed by atoms with E-state index in [2.05, 4.69) is 10.1 Å². The fourth-order valence-electron chi connectivity index (χ4n) is 1.67. The van der Waals surface area contributed by atoms with Crippen molar-refractivity contribution in [1.82, 2.24) is 10.1 Å². The maximum absolute atomic E-state index is 12.8. The summed E-state index contributed by atoms with van der Waals surface area (Å²) in [5.74, 6) is 0.450. The van der Waals surface area contributed by atoms with Crippen LogP contribution in [0.4, 0.5) is 4.39 Å². The van der Waals surface area contributed by atoms with Crippen molar-refractivity contribution in [3.8, 4) is 11.4 Å². The minimum atomic E-state index is -0.429. The van der Waals surface area contributed by atoms with Crippen molar-refractivity contribution in [2.45, 2.75) is 6.04 Å². The molecule has 0 bridgehead atoms. The summed E-state index contributed by atoms with van der Waals surface area (Å²) in [7, 11) is 0. The Hall–Kier alpha value is -2.05. The van der Waals surface area contributed by atoms with Gasteiger partial charge in [-0.2, -0.15) is 4.98 Å². The summed E-state index contributed by atoms with van der Waals surface area (Å²) < 4.78 is 18.0. The minimum Gasteiger partial charge on any atom is -0.337 e. The maximum atomic E-state index is 12.8. The zero-order chi connectivity index (χ0) is 13.2. The van der Waals surface area contributed by atoms with Gasteiger partial charge in [0, 0.05) is 10.4 Å². The molecule has 0 aliphatic heterocycles. The Morgan fingerprint density at radius 2 is 2.00 bits per heavy atom. The number of hydrogen-bond acceptors (Lipinski definition) is 5. The Labute approximate surface area is 112 Å². The maximum Gasteiger partial charge on any atom is 0.249 e. The third-order valence-corrected chi connectivity index (χ3v) is 3.62. The number of hydrogen-bond donors (Lipinski definition) is 1. The Morgan fingerprint density at radius 1 is 1.21 bits per heavy atom. The van der Waals surface area contributed by atoms with Crippen molar-refractivity contribution >= 4 is 11.3 Å². The Bertz CT molecular complexity index is 664. The molecule has 0 amide bonds. The van der Waals surface area contributed by atoms with Crippen LogP contribution in [0.15, 0.2) is 46.3 Å². The van der Waals surface area contributed by atoms with Gasteiger partial charge in [0.05, 0.1) is 0 Å². The Balaban J connectivity index is 1.89. The van der Waals surface area contributed by atoms with E-state index in [1.54, 1.807) is 12.1 Å². The van der Waals surface area contributed by atoms with Gasteiger partial charge in [-0.05, 0) is 35.7 Å². The molecule has 0 saturated heterocycles. The lowest BCUT2D eigenvalue weighted by Gasteiger charge is -2.01. The second kappa shape index (κ2) is 4.91. The molecule has 19 heavy (non-hydrogen) atoms. The third kappa shape index (κ3) is 2.40. The Morgan fingerprint density at radius 3 is 2.68 bits per heavy atom. The van der Waals surface area contributed by atoms with Gasteiger partial charge < -0.3 is 10.3 Å². The number of halogens is 1. The second-order valence-electron chi connectivity index (χ2n) is 3.96. The number of aromatic nitrogens is 2. The van der Waals surface area contributed by atoms with E-state index in [1.165, 1.54) is 23.5 Å². The molecule has 0 spiro atoms. The summed E-state index contributed by atoms with van der Waals surface area (Å²) >= 11 is 1.53. The topological polar surface area (TPSA) is 64.9 Å². The largest absolute Gasteiger partial charge is 0.337 e. The first-order chi connectivity index (χ1) is 9.24. The van der Waals surface area contributed by atoms with Crippen LogP contribution in [0.1, 0.15) is 16.8 Å². The Kier molecular flexibility index (Phi) is 3.10. The van der Waals surface area contributed by atoms with Crippen LogP contribution in [-0.2, 0) is 0 Å². The quantitative estimate of drug-likeness (QED) is 0.798. The summed E-state index contributed by atoms with van der Waals surface area (Å²) in [6.07, 6.45) is 0. The molecule has 2 heterocycles. The smallest absolute Gasteiger partial charge is 0.249 e. The van der Waals surface area contributed by atoms with Gasteiger partial charge in [0.25, 0.3) is 0 Å². The fourth-order valence-corrected chi connectivity index (χ4v) is 2.39. The van der Waals surface area contributed by atoms with E-state index in [9.17, 15) is 4.39 Å². The molecule has 96 valence electrons. The lowest BCUT2D eigenvalue weighted by molar-refractivity contribution is 0.368. The van der Waals surface area contributed by atoms with Gasteiger partial charge in [-0.3, -0.25) is 0 Å². The summed E-state index contributed by atoms with van der Waals surface area (Å²) in [4.78, 5) is 5.20. The van der Waals surface area contributed by atoms with Gasteiger partial charge >= 0.3 is 0 Å². The van der Waals surface area contributed by atoms with Crippen LogP contribution in [0.5, 0.6) is 0 Å². The fraction of sp³-hybridized carbons (Fsp3) is 0.0769. The first-order valence-corrected chi connectivity index (χ1v) is 6.50. The van der Waals surface area contributed by atoms with E-state index < -0.39 is 6.04 Å². The molecule has 0 fully saturated rings. The lowest BCUT2D eigenvalue weighted by Crippen LogP contribution is -2.10. The first kappa shape index (κ1) is 12.0. The molecule has 3 rings (SSSR count). The molecular weight excluding hydrogens is 265 g/mol. The molecule has 0 aliphatic rings. The van der Waals surface area contributed by atoms with Crippen molar-refractivity contribution < 1.29 is 8.91 Å². The van der Waals surface area contributed by atoms with Crippen LogP contribution in [0, 0.1) is 5.82 Å². The van der Waals surface area contributed by atoms with Crippen LogP contribution in [0.2, 0.25) is 0 Å². The van der Waals surface area contributed by atoms with Gasteiger partial charge in [-0.15, -0.1) is 11.3 Å². The van der Waals surface area contributed by atoms with Gasteiger partial charge in [0.1, 0.15) is 11.9 Å². The molecule has 1 aromatic carbocycles. The molecule has 2 aromatic heterocycles.